The van der Waals surface area contributed by atoms with Gasteiger partial charge in [0.15, 0.2) is 5.69 Å². The van der Waals surface area contributed by atoms with Crippen LogP contribution in [0.2, 0.25) is 0 Å². The average Bonchev–Trinajstić information content (AvgIpc) is 3.43. The highest BCUT2D eigenvalue weighted by atomic mass is 16.6. The van der Waals surface area contributed by atoms with Crippen molar-refractivity contribution in [1.29, 1.82) is 0 Å². The second-order valence-corrected chi connectivity index (χ2v) is 8.25. The Hall–Kier alpha value is -3.68. The van der Waals surface area contributed by atoms with E-state index in [0.717, 1.165) is 29.8 Å². The van der Waals surface area contributed by atoms with Gasteiger partial charge in [0.1, 0.15) is 6.61 Å². The molecule has 2 saturated heterocycles. The van der Waals surface area contributed by atoms with Gasteiger partial charge in [0.25, 0.3) is 5.91 Å². The number of nitrogens with zero attached hydrogens (tertiary/aromatic N) is 5. The number of likely N-dealkylation sites (tertiary alicyclic amines) is 1. The molecule has 0 radical (unpaired) electrons. The van der Waals surface area contributed by atoms with E-state index < -0.39 is 0 Å². The molecule has 5 rings (SSSR count). The number of aromatic nitrogens is 3. The van der Waals surface area contributed by atoms with E-state index >= 15 is 0 Å². The first-order chi connectivity index (χ1) is 15.6. The smallest absolute Gasteiger partial charge is 0.410 e. The molecule has 32 heavy (non-hydrogen) atoms. The van der Waals surface area contributed by atoms with Crippen LogP contribution in [0.4, 0.5) is 4.79 Å². The first-order valence-corrected chi connectivity index (χ1v) is 10.9. The van der Waals surface area contributed by atoms with Crippen molar-refractivity contribution in [3.8, 4) is 16.9 Å². The SMILES string of the molecule is CC1COC(=O)N1C1CCN(C(=O)c2cc(-c3ccncc3)n(-c3ccccc3)n2)CC1. The topological polar surface area (TPSA) is 80.6 Å². The Morgan fingerprint density at radius 2 is 1.78 bits per heavy atom. The number of hydrogen-bond donors (Lipinski definition) is 0. The van der Waals surface area contributed by atoms with Crippen LogP contribution in [0.3, 0.4) is 0 Å². The van der Waals surface area contributed by atoms with Crippen molar-refractivity contribution in [3.05, 3.63) is 66.6 Å². The van der Waals surface area contributed by atoms with Crippen LogP contribution in [0.15, 0.2) is 60.9 Å². The monoisotopic (exact) mass is 431 g/mol. The fourth-order valence-electron chi connectivity index (χ4n) is 4.52. The molecule has 2 fully saturated rings. The van der Waals surface area contributed by atoms with Gasteiger partial charge in [-0.1, -0.05) is 18.2 Å². The van der Waals surface area contributed by atoms with Gasteiger partial charge in [-0.3, -0.25) is 14.7 Å². The van der Waals surface area contributed by atoms with E-state index in [-0.39, 0.29) is 24.1 Å². The highest BCUT2D eigenvalue weighted by Crippen LogP contribution is 2.27. The van der Waals surface area contributed by atoms with Crippen molar-refractivity contribution >= 4 is 12.0 Å². The maximum Gasteiger partial charge on any atom is 0.410 e. The van der Waals surface area contributed by atoms with Crippen LogP contribution in [-0.2, 0) is 4.74 Å². The third-order valence-electron chi connectivity index (χ3n) is 6.18. The third kappa shape index (κ3) is 3.72. The number of amides is 2. The summed E-state index contributed by atoms with van der Waals surface area (Å²) in [5.41, 5.74) is 3.08. The summed E-state index contributed by atoms with van der Waals surface area (Å²) in [6.07, 6.45) is 4.69. The van der Waals surface area contributed by atoms with E-state index in [1.807, 2.05) is 65.3 Å². The van der Waals surface area contributed by atoms with Crippen molar-refractivity contribution < 1.29 is 14.3 Å². The standard InChI is InChI=1S/C24H25N5O3/c1-17-16-32-24(31)28(17)19-9-13-27(14-10-19)23(30)21-15-22(18-7-11-25-12-8-18)29(26-21)20-5-3-2-4-6-20/h2-8,11-12,15,17,19H,9-10,13-14,16H2,1H3. The quantitative estimate of drug-likeness (QED) is 0.633. The predicted molar refractivity (Wildman–Crippen MR) is 118 cm³/mol. The fourth-order valence-corrected chi connectivity index (χ4v) is 4.52. The van der Waals surface area contributed by atoms with Gasteiger partial charge < -0.3 is 9.64 Å². The summed E-state index contributed by atoms with van der Waals surface area (Å²) in [6.45, 7) is 3.61. The zero-order valence-corrected chi connectivity index (χ0v) is 17.9. The molecule has 8 heteroatoms. The molecule has 0 aliphatic carbocycles. The minimum absolute atomic E-state index is 0.0826. The van der Waals surface area contributed by atoms with Crippen LogP contribution >= 0.6 is 0 Å². The van der Waals surface area contributed by atoms with E-state index in [9.17, 15) is 9.59 Å². The van der Waals surface area contributed by atoms with Crippen LogP contribution in [0.25, 0.3) is 16.9 Å². The maximum absolute atomic E-state index is 13.3. The zero-order chi connectivity index (χ0) is 22.1. The van der Waals surface area contributed by atoms with Gasteiger partial charge in [0.05, 0.1) is 17.4 Å². The number of para-hydroxylation sites is 1. The van der Waals surface area contributed by atoms with Crippen molar-refractivity contribution in [1.82, 2.24) is 24.6 Å². The molecule has 1 atom stereocenters. The van der Waals surface area contributed by atoms with E-state index in [2.05, 4.69) is 10.1 Å². The molecule has 3 aromatic rings. The van der Waals surface area contributed by atoms with Gasteiger partial charge in [-0.05, 0) is 50.1 Å². The van der Waals surface area contributed by atoms with Crippen LogP contribution in [0.1, 0.15) is 30.3 Å². The number of carbonyl (C=O) groups excluding carboxylic acids is 2. The van der Waals surface area contributed by atoms with Crippen molar-refractivity contribution in [2.45, 2.75) is 31.8 Å². The number of hydrogen-bond acceptors (Lipinski definition) is 5. The molecule has 4 heterocycles. The fraction of sp³-hybridized carbons (Fsp3) is 0.333. The summed E-state index contributed by atoms with van der Waals surface area (Å²) < 4.78 is 6.97. The number of cyclic esters (lactones) is 1. The lowest BCUT2D eigenvalue weighted by Crippen LogP contribution is -2.49. The molecule has 8 nitrogen and oxygen atoms in total. The normalized spacial score (nSPS) is 19.3. The van der Waals surface area contributed by atoms with Crippen molar-refractivity contribution in [2.24, 2.45) is 0 Å². The van der Waals surface area contributed by atoms with Gasteiger partial charge in [0, 0.05) is 37.1 Å². The van der Waals surface area contributed by atoms with Gasteiger partial charge in [-0.15, -0.1) is 0 Å². The number of ether oxygens (including phenoxy) is 1. The van der Waals surface area contributed by atoms with Crippen LogP contribution < -0.4 is 0 Å². The Bertz CT molecular complexity index is 1050. The first kappa shape index (κ1) is 20.2. The molecule has 0 spiro atoms. The van der Waals surface area contributed by atoms with Crippen LogP contribution in [0.5, 0.6) is 0 Å². The summed E-state index contributed by atoms with van der Waals surface area (Å²) in [4.78, 5) is 33.1. The summed E-state index contributed by atoms with van der Waals surface area (Å²) in [7, 11) is 0. The molecule has 2 amide bonds. The summed E-state index contributed by atoms with van der Waals surface area (Å²) in [5, 5.41) is 4.67. The van der Waals surface area contributed by atoms with E-state index in [4.69, 9.17) is 4.74 Å². The van der Waals surface area contributed by atoms with Gasteiger partial charge >= 0.3 is 6.09 Å². The lowest BCUT2D eigenvalue weighted by Gasteiger charge is -2.36. The molecule has 1 aromatic carbocycles. The largest absolute Gasteiger partial charge is 0.447 e. The molecular weight excluding hydrogens is 406 g/mol. The number of pyridine rings is 1. The lowest BCUT2D eigenvalue weighted by atomic mass is 10.0. The number of rotatable bonds is 4. The Labute approximate surface area is 186 Å². The number of benzene rings is 1. The highest BCUT2D eigenvalue weighted by Gasteiger charge is 2.38. The van der Waals surface area contributed by atoms with Crippen LogP contribution in [-0.4, -0.2) is 68.3 Å². The molecular formula is C24H25N5O3. The zero-order valence-electron chi connectivity index (χ0n) is 17.9. The first-order valence-electron chi connectivity index (χ1n) is 10.9. The minimum atomic E-state index is -0.245. The maximum atomic E-state index is 13.3. The predicted octanol–water partition coefficient (Wildman–Crippen LogP) is 3.38. The number of piperidine rings is 1. The number of carbonyl (C=O) groups is 2. The molecule has 164 valence electrons. The molecule has 0 N–H and O–H groups in total. The second-order valence-electron chi connectivity index (χ2n) is 8.25. The van der Waals surface area contributed by atoms with Crippen LogP contribution in [0, 0.1) is 0 Å². The molecule has 0 saturated carbocycles. The summed E-state index contributed by atoms with van der Waals surface area (Å²) in [6, 6.07) is 15.6. The molecule has 1 unspecified atom stereocenters. The molecule has 2 aromatic heterocycles. The Morgan fingerprint density at radius 3 is 2.44 bits per heavy atom. The summed E-state index contributed by atoms with van der Waals surface area (Å²) >= 11 is 0. The van der Waals surface area contributed by atoms with Gasteiger partial charge in [-0.2, -0.15) is 5.10 Å². The third-order valence-corrected chi connectivity index (χ3v) is 6.18. The highest BCUT2D eigenvalue weighted by molar-refractivity contribution is 5.93. The molecule has 2 aliphatic rings. The van der Waals surface area contributed by atoms with E-state index in [1.165, 1.54) is 0 Å². The Balaban J connectivity index is 1.38. The average molecular weight is 431 g/mol. The van der Waals surface area contributed by atoms with Crippen molar-refractivity contribution in [2.75, 3.05) is 19.7 Å². The van der Waals surface area contributed by atoms with E-state index in [0.29, 0.717) is 25.4 Å². The minimum Gasteiger partial charge on any atom is -0.447 e. The van der Waals surface area contributed by atoms with Crippen molar-refractivity contribution in [3.63, 3.8) is 0 Å². The molecule has 2 aliphatic heterocycles. The van der Waals surface area contributed by atoms with E-state index in [1.54, 1.807) is 17.1 Å². The molecule has 0 bridgehead atoms. The Morgan fingerprint density at radius 1 is 1.06 bits per heavy atom. The second kappa shape index (κ2) is 8.45. The Kier molecular flexibility index (Phi) is 5.34. The van der Waals surface area contributed by atoms with Gasteiger partial charge in [0.2, 0.25) is 0 Å². The summed E-state index contributed by atoms with van der Waals surface area (Å²) in [5.74, 6) is -0.0921. The lowest BCUT2D eigenvalue weighted by molar-refractivity contribution is 0.0635. The van der Waals surface area contributed by atoms with Gasteiger partial charge in [-0.25, -0.2) is 9.48 Å².